The third-order valence-corrected chi connectivity index (χ3v) is 4.76. The second-order valence-corrected chi connectivity index (χ2v) is 6.22. The second kappa shape index (κ2) is 4.90. The molecule has 3 atom stereocenters. The summed E-state index contributed by atoms with van der Waals surface area (Å²) in [5.74, 6) is 3.70. The van der Waals surface area contributed by atoms with Crippen LogP contribution >= 0.6 is 11.3 Å². The van der Waals surface area contributed by atoms with E-state index in [9.17, 15) is 0 Å². The second-order valence-electron chi connectivity index (χ2n) is 5.24. The molecule has 96 valence electrons. The Kier molecular flexibility index (Phi) is 3.27. The zero-order chi connectivity index (χ0) is 12.5. The lowest BCUT2D eigenvalue weighted by Crippen LogP contribution is -2.16. The van der Waals surface area contributed by atoms with Gasteiger partial charge >= 0.3 is 0 Å². The summed E-state index contributed by atoms with van der Waals surface area (Å²) in [4.78, 5) is 1.37. The third-order valence-electron chi connectivity index (χ3n) is 3.71. The molecule has 2 aromatic rings. The van der Waals surface area contributed by atoms with Gasteiger partial charge in [0, 0.05) is 16.8 Å². The lowest BCUT2D eigenvalue weighted by molar-refractivity contribution is 0.431. The summed E-state index contributed by atoms with van der Waals surface area (Å²) >= 11 is 1.79. The first-order valence-corrected chi connectivity index (χ1v) is 7.47. The van der Waals surface area contributed by atoms with Crippen LogP contribution in [0.3, 0.4) is 0 Å². The molecule has 0 spiro atoms. The first-order valence-electron chi connectivity index (χ1n) is 6.59. The highest BCUT2D eigenvalue weighted by atomic mass is 32.1. The van der Waals surface area contributed by atoms with Crippen LogP contribution in [0.2, 0.25) is 0 Å². The van der Waals surface area contributed by atoms with Crippen LogP contribution in [0.15, 0.2) is 34.1 Å². The van der Waals surface area contributed by atoms with Crippen LogP contribution in [-0.2, 0) is 6.54 Å². The minimum Gasteiger partial charge on any atom is -0.464 e. The fraction of sp³-hybridized carbons (Fsp3) is 0.467. The Morgan fingerprint density at radius 1 is 1.44 bits per heavy atom. The fourth-order valence-electron chi connectivity index (χ4n) is 2.30. The molecule has 2 nitrogen and oxygen atoms in total. The Hall–Kier alpha value is -1.06. The van der Waals surface area contributed by atoms with Crippen LogP contribution in [0.25, 0.3) is 0 Å². The summed E-state index contributed by atoms with van der Waals surface area (Å²) in [6, 6.07) is 8.90. The maximum Gasteiger partial charge on any atom is 0.117 e. The Balaban J connectivity index is 1.55. The van der Waals surface area contributed by atoms with Crippen molar-refractivity contribution >= 4 is 11.3 Å². The first-order chi connectivity index (χ1) is 8.74. The van der Waals surface area contributed by atoms with E-state index in [0.29, 0.717) is 12.0 Å². The number of nitrogens with one attached hydrogen (secondary N) is 1. The first kappa shape index (κ1) is 12.0. The fourth-order valence-corrected chi connectivity index (χ4v) is 3.06. The van der Waals surface area contributed by atoms with Gasteiger partial charge in [0.2, 0.25) is 0 Å². The number of rotatable bonds is 5. The molecule has 0 radical (unpaired) electrons. The van der Waals surface area contributed by atoms with Gasteiger partial charge in [-0.15, -0.1) is 11.3 Å². The van der Waals surface area contributed by atoms with Crippen molar-refractivity contribution < 1.29 is 4.42 Å². The van der Waals surface area contributed by atoms with Crippen LogP contribution < -0.4 is 5.32 Å². The smallest absolute Gasteiger partial charge is 0.117 e. The number of hydrogen-bond acceptors (Lipinski definition) is 3. The van der Waals surface area contributed by atoms with E-state index in [-0.39, 0.29) is 0 Å². The van der Waals surface area contributed by atoms with E-state index in [1.54, 1.807) is 11.3 Å². The molecule has 0 aliphatic heterocycles. The molecule has 2 aromatic heterocycles. The van der Waals surface area contributed by atoms with Gasteiger partial charge in [-0.1, -0.05) is 13.0 Å². The Morgan fingerprint density at radius 2 is 2.28 bits per heavy atom. The van der Waals surface area contributed by atoms with Crippen molar-refractivity contribution in [3.63, 3.8) is 0 Å². The maximum atomic E-state index is 5.89. The van der Waals surface area contributed by atoms with Crippen LogP contribution in [0.4, 0.5) is 0 Å². The lowest BCUT2D eigenvalue weighted by atomic mass is 10.2. The molecule has 1 aliphatic rings. The summed E-state index contributed by atoms with van der Waals surface area (Å²) < 4.78 is 5.89. The molecule has 2 heterocycles. The average Bonchev–Trinajstić information content (AvgIpc) is 2.87. The highest BCUT2D eigenvalue weighted by Crippen LogP contribution is 2.47. The minimum absolute atomic E-state index is 0.387. The molecule has 0 amide bonds. The Morgan fingerprint density at radius 3 is 2.94 bits per heavy atom. The lowest BCUT2D eigenvalue weighted by Gasteiger charge is -2.10. The van der Waals surface area contributed by atoms with E-state index in [0.717, 1.165) is 18.2 Å². The van der Waals surface area contributed by atoms with Crippen LogP contribution in [0, 0.1) is 5.92 Å². The zero-order valence-electron chi connectivity index (χ0n) is 10.8. The van der Waals surface area contributed by atoms with Crippen molar-refractivity contribution in [1.82, 2.24) is 5.32 Å². The van der Waals surface area contributed by atoms with Crippen LogP contribution in [0.1, 0.15) is 48.6 Å². The highest BCUT2D eigenvalue weighted by molar-refractivity contribution is 7.10. The molecule has 1 aliphatic carbocycles. The average molecular weight is 261 g/mol. The molecule has 3 rings (SSSR count). The molecule has 0 bridgehead atoms. The monoisotopic (exact) mass is 261 g/mol. The van der Waals surface area contributed by atoms with Gasteiger partial charge in [-0.25, -0.2) is 0 Å². The van der Waals surface area contributed by atoms with E-state index in [1.165, 1.54) is 17.1 Å². The molecule has 1 fully saturated rings. The van der Waals surface area contributed by atoms with Crippen molar-refractivity contribution in [1.29, 1.82) is 0 Å². The van der Waals surface area contributed by atoms with Crippen LogP contribution in [-0.4, -0.2) is 0 Å². The predicted molar refractivity (Wildman–Crippen MR) is 74.8 cm³/mol. The summed E-state index contributed by atoms with van der Waals surface area (Å²) in [6.07, 6.45) is 1.28. The van der Waals surface area contributed by atoms with Gasteiger partial charge in [0.25, 0.3) is 0 Å². The van der Waals surface area contributed by atoms with E-state index in [1.807, 2.05) is 0 Å². The standard InChI is InChI=1S/C15H19NOS/c1-10-8-13(10)14-6-5-12(17-14)9-16-11(2)15-4-3-7-18-15/h3-7,10-11,13,16H,8-9H2,1-2H3. The van der Waals surface area contributed by atoms with Gasteiger partial charge in [-0.2, -0.15) is 0 Å². The normalized spacial score (nSPS) is 24.1. The van der Waals surface area contributed by atoms with Gasteiger partial charge in [-0.05, 0) is 42.8 Å². The predicted octanol–water partition coefficient (Wildman–Crippen LogP) is 4.32. The van der Waals surface area contributed by atoms with Crippen molar-refractivity contribution in [3.8, 4) is 0 Å². The van der Waals surface area contributed by atoms with Crippen molar-refractivity contribution in [3.05, 3.63) is 46.0 Å². The van der Waals surface area contributed by atoms with Gasteiger partial charge in [0.15, 0.2) is 0 Å². The zero-order valence-corrected chi connectivity index (χ0v) is 11.7. The number of furan rings is 1. The summed E-state index contributed by atoms with van der Waals surface area (Å²) in [6.45, 7) is 5.28. The summed E-state index contributed by atoms with van der Waals surface area (Å²) in [5, 5.41) is 5.62. The van der Waals surface area contributed by atoms with E-state index >= 15 is 0 Å². The maximum absolute atomic E-state index is 5.89. The molecular weight excluding hydrogens is 242 g/mol. The van der Waals surface area contributed by atoms with Gasteiger partial charge in [0.05, 0.1) is 6.54 Å². The Labute approximate surface area is 112 Å². The minimum atomic E-state index is 0.387. The Bertz CT molecular complexity index is 502. The topological polar surface area (TPSA) is 25.2 Å². The molecule has 18 heavy (non-hydrogen) atoms. The summed E-state index contributed by atoms with van der Waals surface area (Å²) in [7, 11) is 0. The third kappa shape index (κ3) is 2.52. The molecule has 0 saturated heterocycles. The van der Waals surface area contributed by atoms with Crippen LogP contribution in [0.5, 0.6) is 0 Å². The van der Waals surface area contributed by atoms with Gasteiger partial charge < -0.3 is 9.73 Å². The van der Waals surface area contributed by atoms with E-state index in [2.05, 4.69) is 48.8 Å². The van der Waals surface area contributed by atoms with Gasteiger partial charge in [0.1, 0.15) is 11.5 Å². The molecule has 1 saturated carbocycles. The molecular formula is C15H19NOS. The molecule has 3 heteroatoms. The summed E-state index contributed by atoms with van der Waals surface area (Å²) in [5.41, 5.74) is 0. The largest absolute Gasteiger partial charge is 0.464 e. The quantitative estimate of drug-likeness (QED) is 0.867. The molecule has 1 N–H and O–H groups in total. The number of hydrogen-bond donors (Lipinski definition) is 1. The molecule has 0 aromatic carbocycles. The SMILES string of the molecule is CC(NCc1ccc(C2CC2C)o1)c1cccs1. The van der Waals surface area contributed by atoms with E-state index in [4.69, 9.17) is 4.42 Å². The number of thiophene rings is 1. The van der Waals surface area contributed by atoms with Crippen molar-refractivity contribution in [2.24, 2.45) is 5.92 Å². The van der Waals surface area contributed by atoms with E-state index < -0.39 is 0 Å². The van der Waals surface area contributed by atoms with Crippen molar-refractivity contribution in [2.75, 3.05) is 0 Å². The highest BCUT2D eigenvalue weighted by Gasteiger charge is 2.36. The molecule has 3 unspecified atom stereocenters. The van der Waals surface area contributed by atoms with Gasteiger partial charge in [-0.3, -0.25) is 0 Å². The van der Waals surface area contributed by atoms with Crippen molar-refractivity contribution in [2.45, 2.75) is 38.8 Å².